The number of carbonyl (C=O) groups excluding carboxylic acids is 1. The number of ether oxygens (including phenoxy) is 2. The number of rotatable bonds is 16. The maximum atomic E-state index is 13.0. The van der Waals surface area contributed by atoms with E-state index in [-0.39, 0.29) is 18.2 Å². The molecule has 0 aromatic rings. The molecule has 2 rings (SSSR count). The largest absolute Gasteiger partial charge is 0.349 e. The van der Waals surface area contributed by atoms with Gasteiger partial charge >= 0.3 is 0 Å². The van der Waals surface area contributed by atoms with E-state index >= 15 is 0 Å². The van der Waals surface area contributed by atoms with Crippen LogP contribution in [0.4, 0.5) is 0 Å². The van der Waals surface area contributed by atoms with Gasteiger partial charge in [0.2, 0.25) is 0 Å². The lowest BCUT2D eigenvalue weighted by Crippen LogP contribution is -2.41. The molecule has 0 saturated carbocycles. The van der Waals surface area contributed by atoms with Crippen LogP contribution < -0.4 is 0 Å². The van der Waals surface area contributed by atoms with Crippen molar-refractivity contribution in [3.05, 3.63) is 11.6 Å². The van der Waals surface area contributed by atoms with Crippen LogP contribution in [0.3, 0.4) is 0 Å². The summed E-state index contributed by atoms with van der Waals surface area (Å²) in [7, 11) is 0. The summed E-state index contributed by atoms with van der Waals surface area (Å²) in [6.07, 6.45) is 19.0. The van der Waals surface area contributed by atoms with Gasteiger partial charge in [0.15, 0.2) is 12.1 Å². The molecule has 0 bridgehead atoms. The molecular weight excluding hydrogens is 386 g/mol. The second-order valence-electron chi connectivity index (χ2n) is 10.1. The van der Waals surface area contributed by atoms with Crippen molar-refractivity contribution in [2.75, 3.05) is 26.2 Å². The van der Waals surface area contributed by atoms with Gasteiger partial charge in [0.25, 0.3) is 0 Å². The van der Waals surface area contributed by atoms with Gasteiger partial charge in [0, 0.05) is 12.1 Å². The van der Waals surface area contributed by atoms with E-state index in [2.05, 4.69) is 25.7 Å². The minimum Gasteiger partial charge on any atom is -0.349 e. The van der Waals surface area contributed by atoms with Crippen molar-refractivity contribution in [2.24, 2.45) is 5.92 Å². The molecule has 2 heterocycles. The molecule has 0 aliphatic carbocycles. The lowest BCUT2D eigenvalue weighted by atomic mass is 9.95. The highest BCUT2D eigenvalue weighted by Gasteiger charge is 2.32. The average molecular weight is 436 g/mol. The highest BCUT2D eigenvalue weighted by atomic mass is 16.7. The Hall–Kier alpha value is -0.710. The van der Waals surface area contributed by atoms with Crippen molar-refractivity contribution < 1.29 is 14.3 Å². The maximum absolute atomic E-state index is 13.0. The molecule has 31 heavy (non-hydrogen) atoms. The molecule has 0 aromatic carbocycles. The summed E-state index contributed by atoms with van der Waals surface area (Å²) in [4.78, 5) is 15.4. The molecule has 180 valence electrons. The zero-order valence-electron chi connectivity index (χ0n) is 20.7. The van der Waals surface area contributed by atoms with Crippen LogP contribution in [0, 0.1) is 5.92 Å². The maximum Gasteiger partial charge on any atom is 0.188 e. The molecule has 2 aliphatic rings. The zero-order chi connectivity index (χ0) is 22.3. The summed E-state index contributed by atoms with van der Waals surface area (Å²) in [6.45, 7) is 10.3. The molecule has 0 amide bonds. The molecule has 4 nitrogen and oxygen atoms in total. The fraction of sp³-hybridized carbons (Fsp3) is 0.889. The van der Waals surface area contributed by atoms with Crippen molar-refractivity contribution in [2.45, 2.75) is 123 Å². The fourth-order valence-electron chi connectivity index (χ4n) is 4.67. The first kappa shape index (κ1) is 26.5. The summed E-state index contributed by atoms with van der Waals surface area (Å²) in [5.74, 6) is 0.615. The molecule has 1 saturated heterocycles. The molecule has 1 fully saturated rings. The van der Waals surface area contributed by atoms with Crippen molar-refractivity contribution >= 4 is 5.78 Å². The molecule has 0 radical (unpaired) electrons. The molecule has 0 N–H and O–H groups in total. The number of likely N-dealkylation sites (tertiary alicyclic amines) is 1. The van der Waals surface area contributed by atoms with E-state index in [9.17, 15) is 4.79 Å². The lowest BCUT2D eigenvalue weighted by Gasteiger charge is -2.33. The highest BCUT2D eigenvalue weighted by molar-refractivity contribution is 5.99. The van der Waals surface area contributed by atoms with Gasteiger partial charge in [0.05, 0.1) is 6.61 Å². The molecule has 2 aliphatic heterocycles. The second-order valence-corrected chi connectivity index (χ2v) is 10.1. The van der Waals surface area contributed by atoms with Gasteiger partial charge in [-0.15, -0.1) is 0 Å². The third-order valence-corrected chi connectivity index (χ3v) is 6.55. The third kappa shape index (κ3) is 11.1. The SMILES string of the molecule is CCCCCCCCCCCCOC1C=C(CN2CCCCC2)C(=O)C(CC(C)C)O1. The van der Waals surface area contributed by atoms with Crippen LogP contribution in [0.2, 0.25) is 0 Å². The van der Waals surface area contributed by atoms with E-state index in [1.165, 1.54) is 77.0 Å². The van der Waals surface area contributed by atoms with Gasteiger partial charge in [-0.05, 0) is 50.8 Å². The summed E-state index contributed by atoms with van der Waals surface area (Å²) in [5, 5.41) is 0. The fourth-order valence-corrected chi connectivity index (χ4v) is 4.67. The van der Waals surface area contributed by atoms with E-state index in [0.717, 1.165) is 44.7 Å². The zero-order valence-corrected chi connectivity index (χ0v) is 20.7. The molecule has 4 heteroatoms. The summed E-state index contributed by atoms with van der Waals surface area (Å²) >= 11 is 0. The van der Waals surface area contributed by atoms with Gasteiger partial charge < -0.3 is 9.47 Å². The number of carbonyl (C=O) groups is 1. The molecule has 2 unspecified atom stereocenters. The van der Waals surface area contributed by atoms with E-state index in [1.54, 1.807) is 0 Å². The van der Waals surface area contributed by atoms with Crippen molar-refractivity contribution in [3.8, 4) is 0 Å². The highest BCUT2D eigenvalue weighted by Crippen LogP contribution is 2.24. The van der Waals surface area contributed by atoms with Gasteiger partial charge in [-0.25, -0.2) is 0 Å². The smallest absolute Gasteiger partial charge is 0.188 e. The van der Waals surface area contributed by atoms with Crippen LogP contribution in [0.15, 0.2) is 11.6 Å². The van der Waals surface area contributed by atoms with Crippen molar-refractivity contribution in [1.29, 1.82) is 0 Å². The van der Waals surface area contributed by atoms with E-state index in [0.29, 0.717) is 5.92 Å². The van der Waals surface area contributed by atoms with Gasteiger partial charge in [-0.1, -0.05) is 85.0 Å². The number of unbranched alkanes of at least 4 members (excludes halogenated alkanes) is 9. The Bertz CT molecular complexity index is 511. The normalized spacial score (nSPS) is 22.8. The Morgan fingerprint density at radius 3 is 2.19 bits per heavy atom. The van der Waals surface area contributed by atoms with E-state index < -0.39 is 0 Å². The van der Waals surface area contributed by atoms with Gasteiger partial charge in [-0.3, -0.25) is 9.69 Å². The predicted molar refractivity (Wildman–Crippen MR) is 129 cm³/mol. The predicted octanol–water partition coefficient (Wildman–Crippen LogP) is 6.68. The van der Waals surface area contributed by atoms with Crippen LogP contribution in [0.1, 0.15) is 111 Å². The Morgan fingerprint density at radius 1 is 0.968 bits per heavy atom. The summed E-state index contributed by atoms with van der Waals surface area (Å²) in [6, 6.07) is 0. The van der Waals surface area contributed by atoms with Crippen molar-refractivity contribution in [1.82, 2.24) is 4.90 Å². The van der Waals surface area contributed by atoms with Crippen LogP contribution >= 0.6 is 0 Å². The Kier molecular flexibility index (Phi) is 13.7. The first-order chi connectivity index (χ1) is 15.1. The standard InChI is InChI=1S/C27H49NO3/c1-4-5-6-7-8-9-10-11-12-16-19-30-26-21-24(22-28-17-14-13-15-18-28)27(29)25(31-26)20-23(2)3/h21,23,25-26H,4-20,22H2,1-3H3. The Balaban J connectivity index is 1.69. The van der Waals surface area contributed by atoms with Gasteiger partial charge in [-0.2, -0.15) is 0 Å². The van der Waals surface area contributed by atoms with Crippen LogP contribution in [-0.4, -0.2) is 49.3 Å². The van der Waals surface area contributed by atoms with Crippen LogP contribution in [0.25, 0.3) is 0 Å². The van der Waals surface area contributed by atoms with Gasteiger partial charge in [0.1, 0.15) is 6.10 Å². The number of ketones is 1. The summed E-state index contributed by atoms with van der Waals surface area (Å²) in [5.41, 5.74) is 0.909. The van der Waals surface area contributed by atoms with Crippen molar-refractivity contribution in [3.63, 3.8) is 0 Å². The number of hydrogen-bond acceptors (Lipinski definition) is 4. The average Bonchev–Trinajstić information content (AvgIpc) is 2.75. The monoisotopic (exact) mass is 435 g/mol. The second kappa shape index (κ2) is 16.0. The Labute approximate surface area is 192 Å². The quantitative estimate of drug-likeness (QED) is 0.254. The Morgan fingerprint density at radius 2 is 1.58 bits per heavy atom. The minimum atomic E-state index is -0.361. The molecular formula is C27H49NO3. The third-order valence-electron chi connectivity index (χ3n) is 6.55. The first-order valence-corrected chi connectivity index (χ1v) is 13.3. The lowest BCUT2D eigenvalue weighted by molar-refractivity contribution is -0.167. The summed E-state index contributed by atoms with van der Waals surface area (Å²) < 4.78 is 12.1. The number of Topliss-reactive ketones (excluding diaryl/α,β-unsaturated/α-hetero) is 1. The minimum absolute atomic E-state index is 0.179. The number of hydrogen-bond donors (Lipinski definition) is 0. The topological polar surface area (TPSA) is 38.8 Å². The van der Waals surface area contributed by atoms with Crippen LogP contribution in [-0.2, 0) is 14.3 Å². The molecule has 0 spiro atoms. The first-order valence-electron chi connectivity index (χ1n) is 13.3. The van der Waals surface area contributed by atoms with E-state index in [4.69, 9.17) is 9.47 Å². The number of nitrogens with zero attached hydrogens (tertiary/aromatic N) is 1. The van der Waals surface area contributed by atoms with Crippen LogP contribution in [0.5, 0.6) is 0 Å². The van der Waals surface area contributed by atoms with E-state index in [1.807, 2.05) is 6.08 Å². The number of piperidine rings is 1. The molecule has 2 atom stereocenters. The molecule has 0 aromatic heterocycles.